The molecule has 1 aliphatic heterocycles. The molecule has 1 rings (SSSR count). The molecular formula is C14H22O4. The van der Waals surface area contributed by atoms with Crippen LogP contribution in [0.4, 0.5) is 0 Å². The molecule has 18 heavy (non-hydrogen) atoms. The minimum atomic E-state index is -1.18. The Balaban J connectivity index is 2.43. The summed E-state index contributed by atoms with van der Waals surface area (Å²) < 4.78 is 4.82. The number of carbonyl (C=O) groups is 2. The van der Waals surface area contributed by atoms with Crippen molar-refractivity contribution in [3.8, 4) is 0 Å². The minimum absolute atomic E-state index is 0.0606. The van der Waals surface area contributed by atoms with E-state index in [1.807, 2.05) is 0 Å². The number of esters is 1. The van der Waals surface area contributed by atoms with E-state index in [1.54, 1.807) is 0 Å². The van der Waals surface area contributed by atoms with Gasteiger partial charge in [-0.25, -0.2) is 4.79 Å². The Morgan fingerprint density at radius 1 is 1.33 bits per heavy atom. The molecule has 1 aliphatic rings. The number of carbonyl (C=O) groups excluding carboxylic acids is 1. The highest BCUT2D eigenvalue weighted by Gasteiger charge is 2.50. The molecule has 0 amide bonds. The second kappa shape index (κ2) is 6.57. The summed E-state index contributed by atoms with van der Waals surface area (Å²) in [5, 5.41) is 9.30. The van der Waals surface area contributed by atoms with Gasteiger partial charge < -0.3 is 9.84 Å². The SMILES string of the molecule is C=C1C(=O)OC[C@@]1(CCCCCCCC)C(=O)O. The molecule has 0 bridgehead atoms. The van der Waals surface area contributed by atoms with Crippen molar-refractivity contribution in [1.82, 2.24) is 0 Å². The van der Waals surface area contributed by atoms with Crippen LogP contribution in [0.1, 0.15) is 51.9 Å². The number of ether oxygens (including phenoxy) is 1. The van der Waals surface area contributed by atoms with Crippen LogP contribution in [0.25, 0.3) is 0 Å². The third kappa shape index (κ3) is 3.12. The van der Waals surface area contributed by atoms with Crippen LogP contribution in [0.5, 0.6) is 0 Å². The Morgan fingerprint density at radius 3 is 2.44 bits per heavy atom. The fourth-order valence-corrected chi connectivity index (χ4v) is 2.29. The van der Waals surface area contributed by atoms with Crippen LogP contribution in [0, 0.1) is 5.41 Å². The monoisotopic (exact) mass is 254 g/mol. The molecule has 1 heterocycles. The lowest BCUT2D eigenvalue weighted by molar-refractivity contribution is -0.147. The van der Waals surface area contributed by atoms with Crippen LogP contribution in [-0.2, 0) is 14.3 Å². The maximum Gasteiger partial charge on any atom is 0.334 e. The maximum absolute atomic E-state index is 11.4. The Bertz CT molecular complexity index is 335. The van der Waals surface area contributed by atoms with Crippen LogP contribution >= 0.6 is 0 Å². The van der Waals surface area contributed by atoms with Crippen LogP contribution in [0.2, 0.25) is 0 Å². The zero-order valence-corrected chi connectivity index (χ0v) is 11.0. The smallest absolute Gasteiger partial charge is 0.334 e. The first-order valence-electron chi connectivity index (χ1n) is 6.64. The highest BCUT2D eigenvalue weighted by Crippen LogP contribution is 2.39. The summed E-state index contributed by atoms with van der Waals surface area (Å²) in [5.41, 5.74) is -1.08. The zero-order chi connectivity index (χ0) is 13.6. The number of unbranched alkanes of at least 4 members (excludes halogenated alkanes) is 5. The van der Waals surface area contributed by atoms with Gasteiger partial charge in [-0.1, -0.05) is 52.0 Å². The van der Waals surface area contributed by atoms with Gasteiger partial charge in [0, 0.05) is 0 Å². The van der Waals surface area contributed by atoms with Gasteiger partial charge in [-0.3, -0.25) is 4.79 Å². The quantitative estimate of drug-likeness (QED) is 0.411. The van der Waals surface area contributed by atoms with E-state index < -0.39 is 17.4 Å². The van der Waals surface area contributed by atoms with E-state index in [2.05, 4.69) is 13.5 Å². The molecule has 1 fully saturated rings. The number of carboxylic acid groups (broad SMARTS) is 1. The zero-order valence-electron chi connectivity index (χ0n) is 11.0. The molecule has 0 saturated carbocycles. The lowest BCUT2D eigenvalue weighted by Crippen LogP contribution is -2.33. The average Bonchev–Trinajstić information content (AvgIpc) is 2.63. The fourth-order valence-electron chi connectivity index (χ4n) is 2.29. The van der Waals surface area contributed by atoms with Crippen molar-refractivity contribution in [3.05, 3.63) is 12.2 Å². The Hall–Kier alpha value is -1.32. The van der Waals surface area contributed by atoms with Crippen molar-refractivity contribution in [2.45, 2.75) is 51.9 Å². The van der Waals surface area contributed by atoms with Crippen LogP contribution < -0.4 is 0 Å². The van der Waals surface area contributed by atoms with Crippen molar-refractivity contribution < 1.29 is 19.4 Å². The molecule has 0 aromatic heterocycles. The second-order valence-electron chi connectivity index (χ2n) is 4.96. The van der Waals surface area contributed by atoms with Gasteiger partial charge in [-0.15, -0.1) is 0 Å². The molecule has 0 spiro atoms. The van der Waals surface area contributed by atoms with Crippen molar-refractivity contribution in [2.75, 3.05) is 6.61 Å². The van der Waals surface area contributed by atoms with E-state index >= 15 is 0 Å². The van der Waals surface area contributed by atoms with E-state index in [4.69, 9.17) is 4.74 Å². The van der Waals surface area contributed by atoms with Crippen LogP contribution in [0.15, 0.2) is 12.2 Å². The molecule has 4 heteroatoms. The highest BCUT2D eigenvalue weighted by molar-refractivity contribution is 5.99. The molecule has 1 atom stereocenters. The van der Waals surface area contributed by atoms with Gasteiger partial charge in [-0.05, 0) is 6.42 Å². The van der Waals surface area contributed by atoms with E-state index in [0.717, 1.165) is 19.3 Å². The molecule has 0 aliphatic carbocycles. The second-order valence-corrected chi connectivity index (χ2v) is 4.96. The summed E-state index contributed by atoms with van der Waals surface area (Å²) in [7, 11) is 0. The number of carboxylic acids is 1. The predicted molar refractivity (Wildman–Crippen MR) is 68.2 cm³/mol. The number of hydrogen-bond acceptors (Lipinski definition) is 3. The maximum atomic E-state index is 11.4. The van der Waals surface area contributed by atoms with Gasteiger partial charge in [0.1, 0.15) is 12.0 Å². The van der Waals surface area contributed by atoms with Crippen molar-refractivity contribution in [2.24, 2.45) is 5.41 Å². The lowest BCUT2D eigenvalue weighted by Gasteiger charge is -2.21. The molecule has 0 aromatic carbocycles. The first kappa shape index (κ1) is 14.7. The molecular weight excluding hydrogens is 232 g/mol. The van der Waals surface area contributed by atoms with Gasteiger partial charge in [0.25, 0.3) is 0 Å². The summed E-state index contributed by atoms with van der Waals surface area (Å²) in [6.07, 6.45) is 6.95. The van der Waals surface area contributed by atoms with Crippen molar-refractivity contribution in [1.29, 1.82) is 0 Å². The van der Waals surface area contributed by atoms with Crippen LogP contribution in [0.3, 0.4) is 0 Å². The normalized spacial score (nSPS) is 23.2. The molecule has 102 valence electrons. The third-order valence-electron chi connectivity index (χ3n) is 3.64. The van der Waals surface area contributed by atoms with E-state index in [1.165, 1.54) is 19.3 Å². The van der Waals surface area contributed by atoms with Gasteiger partial charge in [0.15, 0.2) is 0 Å². The predicted octanol–water partition coefficient (Wildman–Crippen LogP) is 2.92. The number of hydrogen-bond donors (Lipinski definition) is 1. The number of cyclic esters (lactones) is 1. The summed E-state index contributed by atoms with van der Waals surface area (Å²) >= 11 is 0. The minimum Gasteiger partial charge on any atom is -0.480 e. The fraction of sp³-hybridized carbons (Fsp3) is 0.714. The Kier molecular flexibility index (Phi) is 5.38. The topological polar surface area (TPSA) is 63.6 Å². The van der Waals surface area contributed by atoms with Gasteiger partial charge in [-0.2, -0.15) is 0 Å². The Morgan fingerprint density at radius 2 is 1.94 bits per heavy atom. The van der Waals surface area contributed by atoms with Crippen molar-refractivity contribution in [3.63, 3.8) is 0 Å². The number of rotatable bonds is 8. The summed E-state index contributed by atoms with van der Waals surface area (Å²) in [6.45, 7) is 5.68. The molecule has 0 unspecified atom stereocenters. The largest absolute Gasteiger partial charge is 0.480 e. The van der Waals surface area contributed by atoms with Gasteiger partial charge in [0.05, 0.1) is 5.57 Å². The lowest BCUT2D eigenvalue weighted by atomic mass is 9.78. The first-order valence-corrected chi connectivity index (χ1v) is 6.64. The molecule has 1 N–H and O–H groups in total. The molecule has 1 saturated heterocycles. The third-order valence-corrected chi connectivity index (χ3v) is 3.64. The standard InChI is InChI=1S/C14H22O4/c1-3-4-5-6-7-8-9-14(13(16)17)10-18-12(15)11(14)2/h2-10H2,1H3,(H,16,17)/t14-/m1/s1. The van der Waals surface area contributed by atoms with Crippen molar-refractivity contribution >= 4 is 11.9 Å². The van der Waals surface area contributed by atoms with E-state index in [0.29, 0.717) is 6.42 Å². The number of aliphatic carboxylic acids is 1. The van der Waals surface area contributed by atoms with Crippen LogP contribution in [-0.4, -0.2) is 23.7 Å². The molecule has 0 radical (unpaired) electrons. The summed E-state index contributed by atoms with van der Waals surface area (Å²) in [6, 6.07) is 0. The summed E-state index contributed by atoms with van der Waals surface area (Å²) in [4.78, 5) is 22.6. The summed E-state index contributed by atoms with van der Waals surface area (Å²) in [5.74, 6) is -1.56. The van der Waals surface area contributed by atoms with Gasteiger partial charge in [0.2, 0.25) is 0 Å². The highest BCUT2D eigenvalue weighted by atomic mass is 16.5. The van der Waals surface area contributed by atoms with E-state index in [-0.39, 0.29) is 12.2 Å². The molecule has 4 nitrogen and oxygen atoms in total. The Labute approximate surface area is 108 Å². The molecule has 0 aromatic rings. The van der Waals surface area contributed by atoms with E-state index in [9.17, 15) is 14.7 Å². The first-order chi connectivity index (χ1) is 8.54. The van der Waals surface area contributed by atoms with Gasteiger partial charge >= 0.3 is 11.9 Å². The average molecular weight is 254 g/mol.